The average Bonchev–Trinajstić information content (AvgIpc) is 2.38. The van der Waals surface area contributed by atoms with Crippen LogP contribution in [0.5, 0.6) is 0 Å². The highest BCUT2D eigenvalue weighted by Crippen LogP contribution is 2.30. The Morgan fingerprint density at radius 3 is 2.59 bits per heavy atom. The third-order valence-corrected chi connectivity index (χ3v) is 3.75. The van der Waals surface area contributed by atoms with E-state index in [0.717, 1.165) is 15.5 Å². The Labute approximate surface area is 119 Å². The van der Waals surface area contributed by atoms with Crippen molar-refractivity contribution < 1.29 is 0 Å². The van der Waals surface area contributed by atoms with Gasteiger partial charge in [0.25, 0.3) is 0 Å². The monoisotopic (exact) mass is 329 g/mol. The standard InChI is InChI=1S/C13H10BrCl2N/c14-12-5-6-13(17-8-9(16)7-15)11-4-2-1-3-10(11)12/h1-7,17H,8H2/b9-7+. The van der Waals surface area contributed by atoms with Gasteiger partial charge in [-0.05, 0) is 17.5 Å². The lowest BCUT2D eigenvalue weighted by Crippen LogP contribution is -2.01. The van der Waals surface area contributed by atoms with Crippen molar-refractivity contribution in [2.75, 3.05) is 11.9 Å². The molecule has 0 aliphatic heterocycles. The van der Waals surface area contributed by atoms with E-state index in [1.807, 2.05) is 24.3 Å². The number of anilines is 1. The number of halogens is 3. The Hall–Kier alpha value is -0.700. The summed E-state index contributed by atoms with van der Waals surface area (Å²) in [6.45, 7) is 0.524. The molecule has 0 aromatic heterocycles. The van der Waals surface area contributed by atoms with E-state index in [-0.39, 0.29) is 0 Å². The van der Waals surface area contributed by atoms with Crippen molar-refractivity contribution >= 4 is 55.6 Å². The number of nitrogens with one attached hydrogen (secondary N) is 1. The molecule has 0 aliphatic carbocycles. The van der Waals surface area contributed by atoms with Crippen LogP contribution in [0.25, 0.3) is 10.8 Å². The molecule has 2 aromatic rings. The largest absolute Gasteiger partial charge is 0.380 e. The molecule has 0 bridgehead atoms. The van der Waals surface area contributed by atoms with E-state index in [2.05, 4.69) is 33.4 Å². The molecule has 0 fully saturated rings. The molecule has 0 saturated heterocycles. The molecule has 0 amide bonds. The summed E-state index contributed by atoms with van der Waals surface area (Å²) in [7, 11) is 0. The normalized spacial score (nSPS) is 11.8. The Balaban J connectivity index is 2.38. The van der Waals surface area contributed by atoms with Gasteiger partial charge in [-0.2, -0.15) is 0 Å². The van der Waals surface area contributed by atoms with Crippen molar-refractivity contribution in [3.05, 3.63) is 51.4 Å². The maximum atomic E-state index is 5.86. The van der Waals surface area contributed by atoms with E-state index in [1.165, 1.54) is 10.9 Å². The number of rotatable bonds is 3. The fourth-order valence-corrected chi connectivity index (χ4v) is 2.26. The van der Waals surface area contributed by atoms with Crippen LogP contribution in [0.3, 0.4) is 0 Å². The minimum atomic E-state index is 0.524. The predicted octanol–water partition coefficient (Wildman–Crippen LogP) is 5.33. The van der Waals surface area contributed by atoms with Crippen molar-refractivity contribution in [3.8, 4) is 0 Å². The molecule has 88 valence electrons. The van der Waals surface area contributed by atoms with E-state index in [9.17, 15) is 0 Å². The van der Waals surface area contributed by atoms with Crippen molar-refractivity contribution in [1.82, 2.24) is 0 Å². The SMILES string of the molecule is Cl/C=C(/Cl)CNc1ccc(Br)c2ccccc12. The molecule has 0 radical (unpaired) electrons. The third kappa shape index (κ3) is 2.95. The van der Waals surface area contributed by atoms with Crippen LogP contribution in [-0.4, -0.2) is 6.54 Å². The van der Waals surface area contributed by atoms with Crippen LogP contribution in [0.1, 0.15) is 0 Å². The van der Waals surface area contributed by atoms with Gasteiger partial charge in [-0.1, -0.05) is 63.4 Å². The van der Waals surface area contributed by atoms with Crippen molar-refractivity contribution in [2.24, 2.45) is 0 Å². The van der Waals surface area contributed by atoms with E-state index >= 15 is 0 Å². The second-order valence-corrected chi connectivity index (χ2v) is 5.11. The van der Waals surface area contributed by atoms with Gasteiger partial charge in [0.1, 0.15) is 0 Å². The number of benzene rings is 2. The molecule has 0 heterocycles. The molecular formula is C13H10BrCl2N. The maximum absolute atomic E-state index is 5.86. The third-order valence-electron chi connectivity index (χ3n) is 2.44. The highest BCUT2D eigenvalue weighted by atomic mass is 79.9. The minimum absolute atomic E-state index is 0.524. The van der Waals surface area contributed by atoms with E-state index in [4.69, 9.17) is 23.2 Å². The summed E-state index contributed by atoms with van der Waals surface area (Å²) < 4.78 is 1.08. The Kier molecular flexibility index (Phi) is 4.32. The summed E-state index contributed by atoms with van der Waals surface area (Å²) in [5, 5.41) is 6.17. The summed E-state index contributed by atoms with van der Waals surface area (Å²) in [5.41, 5.74) is 2.41. The Morgan fingerprint density at radius 2 is 1.88 bits per heavy atom. The summed E-state index contributed by atoms with van der Waals surface area (Å²) in [6.07, 6.45) is 0. The number of hydrogen-bond donors (Lipinski definition) is 1. The van der Waals surface area contributed by atoms with Crippen LogP contribution in [-0.2, 0) is 0 Å². The van der Waals surface area contributed by atoms with Gasteiger partial charge in [0.15, 0.2) is 0 Å². The zero-order valence-electron chi connectivity index (χ0n) is 8.88. The van der Waals surface area contributed by atoms with Gasteiger partial charge in [0.05, 0.1) is 6.54 Å². The lowest BCUT2D eigenvalue weighted by atomic mass is 10.1. The molecule has 0 spiro atoms. The van der Waals surface area contributed by atoms with Gasteiger partial charge >= 0.3 is 0 Å². The molecule has 0 atom stereocenters. The molecule has 1 N–H and O–H groups in total. The molecular weight excluding hydrogens is 321 g/mol. The van der Waals surface area contributed by atoms with E-state index < -0.39 is 0 Å². The minimum Gasteiger partial charge on any atom is -0.380 e. The second-order valence-electron chi connectivity index (χ2n) is 3.55. The number of hydrogen-bond acceptors (Lipinski definition) is 1. The number of fused-ring (bicyclic) bond motifs is 1. The summed E-state index contributed by atoms with van der Waals surface area (Å²) >= 11 is 14.9. The van der Waals surface area contributed by atoms with Crippen LogP contribution >= 0.6 is 39.1 Å². The lowest BCUT2D eigenvalue weighted by molar-refractivity contribution is 1.32. The van der Waals surface area contributed by atoms with Crippen molar-refractivity contribution in [2.45, 2.75) is 0 Å². The van der Waals surface area contributed by atoms with Gasteiger partial charge < -0.3 is 5.32 Å². The summed E-state index contributed by atoms with van der Waals surface area (Å²) in [5.74, 6) is 0. The van der Waals surface area contributed by atoms with Crippen LogP contribution in [0.2, 0.25) is 0 Å². The summed E-state index contributed by atoms with van der Waals surface area (Å²) in [6, 6.07) is 12.2. The van der Waals surface area contributed by atoms with Gasteiger partial charge in [-0.3, -0.25) is 0 Å². The first kappa shape index (κ1) is 12.7. The van der Waals surface area contributed by atoms with Crippen molar-refractivity contribution in [3.63, 3.8) is 0 Å². The van der Waals surface area contributed by atoms with Crippen LogP contribution in [0, 0.1) is 0 Å². The molecule has 17 heavy (non-hydrogen) atoms. The highest BCUT2D eigenvalue weighted by Gasteiger charge is 2.03. The topological polar surface area (TPSA) is 12.0 Å². The van der Waals surface area contributed by atoms with E-state index in [1.54, 1.807) is 0 Å². The Bertz CT molecular complexity index is 566. The quantitative estimate of drug-likeness (QED) is 0.801. The molecule has 0 aliphatic rings. The van der Waals surface area contributed by atoms with E-state index in [0.29, 0.717) is 11.6 Å². The van der Waals surface area contributed by atoms with Gasteiger partial charge in [0, 0.05) is 26.1 Å². The van der Waals surface area contributed by atoms with Gasteiger partial charge in [-0.15, -0.1) is 0 Å². The first-order chi connectivity index (χ1) is 8.22. The zero-order valence-corrected chi connectivity index (χ0v) is 12.0. The average molecular weight is 331 g/mol. The van der Waals surface area contributed by atoms with Crippen LogP contribution in [0.15, 0.2) is 51.4 Å². The predicted molar refractivity (Wildman–Crippen MR) is 79.9 cm³/mol. The van der Waals surface area contributed by atoms with Crippen molar-refractivity contribution in [1.29, 1.82) is 0 Å². The Morgan fingerprint density at radius 1 is 1.18 bits per heavy atom. The first-order valence-corrected chi connectivity index (χ1v) is 6.69. The smallest absolute Gasteiger partial charge is 0.0516 e. The summed E-state index contributed by atoms with van der Waals surface area (Å²) in [4.78, 5) is 0. The zero-order chi connectivity index (χ0) is 12.3. The molecule has 2 rings (SSSR count). The first-order valence-electron chi connectivity index (χ1n) is 5.08. The van der Waals surface area contributed by atoms with Gasteiger partial charge in [-0.25, -0.2) is 0 Å². The molecule has 0 saturated carbocycles. The second kappa shape index (κ2) is 5.76. The lowest BCUT2D eigenvalue weighted by Gasteiger charge is -2.10. The van der Waals surface area contributed by atoms with Crippen LogP contribution < -0.4 is 5.32 Å². The van der Waals surface area contributed by atoms with Crippen LogP contribution in [0.4, 0.5) is 5.69 Å². The fraction of sp³-hybridized carbons (Fsp3) is 0.0769. The highest BCUT2D eigenvalue weighted by molar-refractivity contribution is 9.10. The maximum Gasteiger partial charge on any atom is 0.0516 e. The fourth-order valence-electron chi connectivity index (χ4n) is 1.63. The molecule has 1 nitrogen and oxygen atoms in total. The van der Waals surface area contributed by atoms with Gasteiger partial charge in [0.2, 0.25) is 0 Å². The molecule has 2 aromatic carbocycles. The molecule has 4 heteroatoms. The molecule has 0 unspecified atom stereocenters.